The molecule has 3 rings (SSSR count). The molecule has 0 aliphatic carbocycles. The van der Waals surface area contributed by atoms with Crippen LogP contribution >= 0.6 is 11.3 Å². The average molecular weight is 242 g/mol. The molecule has 0 atom stereocenters. The number of fused-ring (bicyclic) bond motifs is 1. The fraction of sp³-hybridized carbons (Fsp3) is 0.0769. The van der Waals surface area contributed by atoms with Gasteiger partial charge in [0.05, 0.1) is 10.9 Å². The molecule has 1 N–H and O–H groups in total. The fourth-order valence-corrected chi connectivity index (χ4v) is 2.58. The zero-order valence-corrected chi connectivity index (χ0v) is 10.0. The number of aromatic amines is 1. The third-order valence-corrected chi connectivity index (χ3v) is 3.55. The molecule has 0 spiro atoms. The van der Waals surface area contributed by atoms with Gasteiger partial charge < -0.3 is 4.98 Å². The molecule has 1 aromatic carbocycles. The van der Waals surface area contributed by atoms with Crippen molar-refractivity contribution >= 4 is 22.2 Å². The predicted octanol–water partition coefficient (Wildman–Crippen LogP) is 2.96. The van der Waals surface area contributed by atoms with E-state index in [0.717, 1.165) is 16.0 Å². The molecule has 3 nitrogen and oxygen atoms in total. The Morgan fingerprint density at radius 2 is 2.18 bits per heavy atom. The normalized spacial score (nSPS) is 10.9. The van der Waals surface area contributed by atoms with Crippen molar-refractivity contribution in [1.29, 1.82) is 0 Å². The van der Waals surface area contributed by atoms with Crippen molar-refractivity contribution in [2.75, 3.05) is 0 Å². The van der Waals surface area contributed by atoms with Gasteiger partial charge in [-0.3, -0.25) is 4.79 Å². The molecule has 4 heteroatoms. The molecular formula is C13H10N2OS. The second-order valence-electron chi connectivity index (χ2n) is 3.86. The number of nitrogens with zero attached hydrogens (tertiary/aromatic N) is 1. The monoisotopic (exact) mass is 242 g/mol. The predicted molar refractivity (Wildman–Crippen MR) is 70.4 cm³/mol. The Labute approximate surface area is 102 Å². The Morgan fingerprint density at radius 1 is 1.29 bits per heavy atom. The Bertz CT molecular complexity index is 729. The van der Waals surface area contributed by atoms with Gasteiger partial charge in [0, 0.05) is 4.88 Å². The summed E-state index contributed by atoms with van der Waals surface area (Å²) < 4.78 is 0. The molecule has 0 aliphatic heterocycles. The van der Waals surface area contributed by atoms with Gasteiger partial charge in [-0.25, -0.2) is 4.98 Å². The second kappa shape index (κ2) is 3.82. The van der Waals surface area contributed by atoms with E-state index in [4.69, 9.17) is 0 Å². The summed E-state index contributed by atoms with van der Waals surface area (Å²) in [7, 11) is 0. The van der Waals surface area contributed by atoms with E-state index in [0.29, 0.717) is 11.2 Å². The van der Waals surface area contributed by atoms with Crippen LogP contribution in [-0.2, 0) is 0 Å². The first kappa shape index (κ1) is 10.2. The number of H-pyrrole nitrogens is 1. The number of hydrogen-bond donors (Lipinski definition) is 1. The van der Waals surface area contributed by atoms with Gasteiger partial charge in [-0.2, -0.15) is 0 Å². The number of rotatable bonds is 1. The summed E-state index contributed by atoms with van der Waals surface area (Å²) in [6.07, 6.45) is 0. The SMILES string of the molecule is Cc1nc2ccc(-c3cccs3)cc2c(=O)[nH]1. The van der Waals surface area contributed by atoms with E-state index in [9.17, 15) is 4.79 Å². The Kier molecular flexibility index (Phi) is 2.30. The van der Waals surface area contributed by atoms with Gasteiger partial charge in [0.2, 0.25) is 0 Å². The molecule has 0 saturated carbocycles. The number of aromatic nitrogens is 2. The van der Waals surface area contributed by atoms with Crippen molar-refractivity contribution in [3.8, 4) is 10.4 Å². The van der Waals surface area contributed by atoms with E-state index in [-0.39, 0.29) is 5.56 Å². The topological polar surface area (TPSA) is 45.8 Å². The van der Waals surface area contributed by atoms with Crippen LogP contribution in [0.2, 0.25) is 0 Å². The summed E-state index contributed by atoms with van der Waals surface area (Å²) in [5.74, 6) is 0.645. The minimum Gasteiger partial charge on any atom is -0.310 e. The molecule has 17 heavy (non-hydrogen) atoms. The van der Waals surface area contributed by atoms with Gasteiger partial charge >= 0.3 is 0 Å². The summed E-state index contributed by atoms with van der Waals surface area (Å²) >= 11 is 1.66. The van der Waals surface area contributed by atoms with E-state index in [1.807, 2.05) is 35.7 Å². The van der Waals surface area contributed by atoms with Crippen LogP contribution in [0.25, 0.3) is 21.3 Å². The van der Waals surface area contributed by atoms with Crippen molar-refractivity contribution in [3.63, 3.8) is 0 Å². The average Bonchev–Trinajstić information content (AvgIpc) is 2.82. The second-order valence-corrected chi connectivity index (χ2v) is 4.81. The van der Waals surface area contributed by atoms with E-state index < -0.39 is 0 Å². The Morgan fingerprint density at radius 3 is 2.94 bits per heavy atom. The van der Waals surface area contributed by atoms with E-state index in [2.05, 4.69) is 9.97 Å². The number of benzene rings is 1. The highest BCUT2D eigenvalue weighted by molar-refractivity contribution is 7.13. The maximum Gasteiger partial charge on any atom is 0.258 e. The van der Waals surface area contributed by atoms with Crippen molar-refractivity contribution in [2.45, 2.75) is 6.92 Å². The van der Waals surface area contributed by atoms with Gasteiger partial charge in [-0.05, 0) is 36.1 Å². The lowest BCUT2D eigenvalue weighted by Gasteiger charge is -2.01. The highest BCUT2D eigenvalue weighted by Crippen LogP contribution is 2.26. The molecule has 2 heterocycles. The van der Waals surface area contributed by atoms with E-state index in [1.54, 1.807) is 18.3 Å². The highest BCUT2D eigenvalue weighted by atomic mass is 32.1. The van der Waals surface area contributed by atoms with Crippen molar-refractivity contribution in [3.05, 3.63) is 51.9 Å². The first-order valence-electron chi connectivity index (χ1n) is 5.28. The standard InChI is InChI=1S/C13H10N2OS/c1-8-14-11-5-4-9(12-3-2-6-17-12)7-10(11)13(16)15-8/h2-7H,1H3,(H,14,15,16). The summed E-state index contributed by atoms with van der Waals surface area (Å²) in [6.45, 7) is 1.79. The largest absolute Gasteiger partial charge is 0.310 e. The molecule has 2 aromatic heterocycles. The molecule has 84 valence electrons. The highest BCUT2D eigenvalue weighted by Gasteiger charge is 2.04. The third kappa shape index (κ3) is 1.76. The Balaban J connectivity index is 2.30. The van der Waals surface area contributed by atoms with Crippen LogP contribution in [0.15, 0.2) is 40.5 Å². The summed E-state index contributed by atoms with van der Waals surface area (Å²) in [5, 5.41) is 2.67. The van der Waals surface area contributed by atoms with Gasteiger partial charge in [0.25, 0.3) is 5.56 Å². The molecular weight excluding hydrogens is 232 g/mol. The number of nitrogens with one attached hydrogen (secondary N) is 1. The first-order valence-corrected chi connectivity index (χ1v) is 6.16. The molecule has 0 radical (unpaired) electrons. The quantitative estimate of drug-likeness (QED) is 0.713. The third-order valence-electron chi connectivity index (χ3n) is 2.63. The van der Waals surface area contributed by atoms with Crippen LogP contribution in [0, 0.1) is 6.92 Å². The van der Waals surface area contributed by atoms with Crippen molar-refractivity contribution < 1.29 is 0 Å². The summed E-state index contributed by atoms with van der Waals surface area (Å²) in [4.78, 5) is 20.0. The minimum atomic E-state index is -0.0779. The van der Waals surface area contributed by atoms with Crippen LogP contribution in [0.5, 0.6) is 0 Å². The van der Waals surface area contributed by atoms with Crippen molar-refractivity contribution in [2.24, 2.45) is 0 Å². The first-order chi connectivity index (χ1) is 8.24. The van der Waals surface area contributed by atoms with Crippen LogP contribution in [0.1, 0.15) is 5.82 Å². The van der Waals surface area contributed by atoms with Gasteiger partial charge in [-0.15, -0.1) is 11.3 Å². The lowest BCUT2D eigenvalue weighted by atomic mass is 10.1. The molecule has 0 bridgehead atoms. The van der Waals surface area contributed by atoms with Crippen LogP contribution < -0.4 is 5.56 Å². The maximum atomic E-state index is 11.8. The van der Waals surface area contributed by atoms with Gasteiger partial charge in [0.15, 0.2) is 0 Å². The van der Waals surface area contributed by atoms with Gasteiger partial charge in [-0.1, -0.05) is 12.1 Å². The number of hydrogen-bond acceptors (Lipinski definition) is 3. The number of thiophene rings is 1. The van der Waals surface area contributed by atoms with Crippen molar-refractivity contribution in [1.82, 2.24) is 9.97 Å². The van der Waals surface area contributed by atoms with Crippen LogP contribution in [0.3, 0.4) is 0 Å². The zero-order valence-electron chi connectivity index (χ0n) is 9.23. The van der Waals surface area contributed by atoms with Crippen LogP contribution in [0.4, 0.5) is 0 Å². The fourth-order valence-electron chi connectivity index (χ4n) is 1.85. The molecule has 3 aromatic rings. The summed E-state index contributed by atoms with van der Waals surface area (Å²) in [5.41, 5.74) is 1.72. The van der Waals surface area contributed by atoms with Crippen LogP contribution in [-0.4, -0.2) is 9.97 Å². The smallest absolute Gasteiger partial charge is 0.258 e. The van der Waals surface area contributed by atoms with Gasteiger partial charge in [0.1, 0.15) is 5.82 Å². The Hall–Kier alpha value is -1.94. The molecule has 0 fully saturated rings. The minimum absolute atomic E-state index is 0.0779. The maximum absolute atomic E-state index is 11.8. The zero-order chi connectivity index (χ0) is 11.8. The molecule has 0 unspecified atom stereocenters. The number of aryl methyl sites for hydroxylation is 1. The molecule has 0 amide bonds. The molecule has 0 aliphatic rings. The lowest BCUT2D eigenvalue weighted by molar-refractivity contribution is 1.06. The van der Waals surface area contributed by atoms with E-state index >= 15 is 0 Å². The molecule has 0 saturated heterocycles. The van der Waals surface area contributed by atoms with E-state index in [1.165, 1.54) is 0 Å². The summed E-state index contributed by atoms with van der Waals surface area (Å²) in [6, 6.07) is 9.84. The lowest BCUT2D eigenvalue weighted by Crippen LogP contribution is -2.09.